The van der Waals surface area contributed by atoms with Gasteiger partial charge in [-0.2, -0.15) is 0 Å². The number of aryl methyl sites for hydroxylation is 1. The summed E-state index contributed by atoms with van der Waals surface area (Å²) in [6.07, 6.45) is 3.40. The summed E-state index contributed by atoms with van der Waals surface area (Å²) in [6, 6.07) is 7.74. The Morgan fingerprint density at radius 3 is 2.81 bits per heavy atom. The molecule has 0 saturated carbocycles. The Bertz CT molecular complexity index is 383. The van der Waals surface area contributed by atoms with Crippen molar-refractivity contribution in [1.29, 1.82) is 0 Å². The fourth-order valence-electron chi connectivity index (χ4n) is 1.28. The fraction of sp³-hybridized carbons (Fsp3) is 0.308. The van der Waals surface area contributed by atoms with Gasteiger partial charge in [0.15, 0.2) is 0 Å². The standard InChI is InChI=1S/C13H18N2O/c1-11-6-4-7-12(10-11)14-13(16)8-5-9-15(2)3/h4-8,10H,9H2,1-3H3,(H,14,16)/b8-5+. The van der Waals surface area contributed by atoms with E-state index in [4.69, 9.17) is 0 Å². The molecule has 3 heteroatoms. The molecule has 1 rings (SSSR count). The normalized spacial score (nSPS) is 11.0. The van der Waals surface area contributed by atoms with Gasteiger partial charge in [-0.3, -0.25) is 4.79 Å². The molecule has 0 bridgehead atoms. The molecule has 0 aliphatic carbocycles. The molecule has 0 unspecified atom stereocenters. The molecular formula is C13H18N2O. The fourth-order valence-corrected chi connectivity index (χ4v) is 1.28. The topological polar surface area (TPSA) is 32.3 Å². The zero-order valence-corrected chi connectivity index (χ0v) is 10.0. The first-order valence-electron chi connectivity index (χ1n) is 5.27. The summed E-state index contributed by atoms with van der Waals surface area (Å²) in [5.74, 6) is -0.0903. The van der Waals surface area contributed by atoms with Gasteiger partial charge in [-0.15, -0.1) is 0 Å². The SMILES string of the molecule is Cc1cccc(NC(=O)/C=C/CN(C)C)c1. The molecule has 0 aliphatic heterocycles. The summed E-state index contributed by atoms with van der Waals surface area (Å²) < 4.78 is 0. The van der Waals surface area contributed by atoms with Crippen molar-refractivity contribution in [2.24, 2.45) is 0 Å². The predicted molar refractivity (Wildman–Crippen MR) is 67.5 cm³/mol. The van der Waals surface area contributed by atoms with Crippen molar-refractivity contribution in [2.75, 3.05) is 26.0 Å². The third-order valence-electron chi connectivity index (χ3n) is 2.03. The van der Waals surface area contributed by atoms with Crippen molar-refractivity contribution in [3.8, 4) is 0 Å². The van der Waals surface area contributed by atoms with E-state index in [1.165, 1.54) is 0 Å². The molecule has 0 saturated heterocycles. The number of likely N-dealkylation sites (N-methyl/N-ethyl adjacent to an activating group) is 1. The molecule has 3 nitrogen and oxygen atoms in total. The van der Waals surface area contributed by atoms with Gasteiger partial charge >= 0.3 is 0 Å². The summed E-state index contributed by atoms with van der Waals surface area (Å²) >= 11 is 0. The highest BCUT2D eigenvalue weighted by molar-refractivity contribution is 5.99. The van der Waals surface area contributed by atoms with Gasteiger partial charge in [-0.05, 0) is 38.7 Å². The smallest absolute Gasteiger partial charge is 0.248 e. The monoisotopic (exact) mass is 218 g/mol. The van der Waals surface area contributed by atoms with Gasteiger partial charge in [0.05, 0.1) is 0 Å². The first kappa shape index (κ1) is 12.5. The van der Waals surface area contributed by atoms with Gasteiger partial charge in [-0.1, -0.05) is 18.2 Å². The van der Waals surface area contributed by atoms with Crippen LogP contribution in [0.4, 0.5) is 5.69 Å². The second kappa shape index (κ2) is 6.08. The number of carbonyl (C=O) groups is 1. The van der Waals surface area contributed by atoms with Crippen molar-refractivity contribution < 1.29 is 4.79 Å². The zero-order chi connectivity index (χ0) is 12.0. The van der Waals surface area contributed by atoms with Gasteiger partial charge < -0.3 is 10.2 Å². The van der Waals surface area contributed by atoms with Crippen molar-refractivity contribution in [3.05, 3.63) is 42.0 Å². The largest absolute Gasteiger partial charge is 0.323 e. The molecular weight excluding hydrogens is 200 g/mol. The van der Waals surface area contributed by atoms with E-state index in [1.807, 2.05) is 56.3 Å². The highest BCUT2D eigenvalue weighted by Crippen LogP contribution is 2.09. The third-order valence-corrected chi connectivity index (χ3v) is 2.03. The van der Waals surface area contributed by atoms with Crippen molar-refractivity contribution >= 4 is 11.6 Å². The molecule has 0 heterocycles. The molecule has 0 spiro atoms. The van der Waals surface area contributed by atoms with E-state index in [9.17, 15) is 4.79 Å². The van der Waals surface area contributed by atoms with Gasteiger partial charge in [0.25, 0.3) is 0 Å². The van der Waals surface area contributed by atoms with E-state index in [1.54, 1.807) is 6.08 Å². The number of benzene rings is 1. The Morgan fingerprint density at radius 2 is 2.19 bits per heavy atom. The van der Waals surface area contributed by atoms with Crippen LogP contribution in [0.25, 0.3) is 0 Å². The van der Waals surface area contributed by atoms with Crippen molar-refractivity contribution in [3.63, 3.8) is 0 Å². The summed E-state index contributed by atoms with van der Waals surface area (Å²) in [6.45, 7) is 2.76. The second-order valence-corrected chi connectivity index (χ2v) is 4.02. The van der Waals surface area contributed by atoms with Crippen LogP contribution in [0.15, 0.2) is 36.4 Å². The lowest BCUT2D eigenvalue weighted by Gasteiger charge is -2.05. The lowest BCUT2D eigenvalue weighted by Crippen LogP contribution is -2.12. The molecule has 0 atom stereocenters. The number of hydrogen-bond donors (Lipinski definition) is 1. The Hall–Kier alpha value is -1.61. The van der Waals surface area contributed by atoms with Gasteiger partial charge in [0, 0.05) is 18.3 Å². The van der Waals surface area contributed by atoms with Gasteiger partial charge in [-0.25, -0.2) is 0 Å². The highest BCUT2D eigenvalue weighted by atomic mass is 16.1. The third kappa shape index (κ3) is 4.75. The lowest BCUT2D eigenvalue weighted by molar-refractivity contribution is -0.111. The van der Waals surface area contributed by atoms with E-state index >= 15 is 0 Å². The van der Waals surface area contributed by atoms with Crippen molar-refractivity contribution in [1.82, 2.24) is 4.90 Å². The quantitative estimate of drug-likeness (QED) is 0.784. The molecule has 0 aromatic heterocycles. The highest BCUT2D eigenvalue weighted by Gasteiger charge is 1.97. The van der Waals surface area contributed by atoms with E-state index < -0.39 is 0 Å². The number of nitrogens with one attached hydrogen (secondary N) is 1. The Balaban J connectivity index is 2.48. The number of hydrogen-bond acceptors (Lipinski definition) is 2. The zero-order valence-electron chi connectivity index (χ0n) is 10.0. The minimum Gasteiger partial charge on any atom is -0.323 e. The molecule has 0 aliphatic rings. The summed E-state index contributed by atoms with van der Waals surface area (Å²) in [4.78, 5) is 13.5. The molecule has 16 heavy (non-hydrogen) atoms. The van der Waals surface area contributed by atoms with E-state index in [0.29, 0.717) is 0 Å². The molecule has 1 amide bonds. The summed E-state index contributed by atoms with van der Waals surface area (Å²) in [5, 5.41) is 2.81. The Morgan fingerprint density at radius 1 is 1.44 bits per heavy atom. The molecule has 1 aromatic rings. The minimum absolute atomic E-state index is 0.0903. The van der Waals surface area contributed by atoms with Crippen LogP contribution in [0.2, 0.25) is 0 Å². The van der Waals surface area contributed by atoms with Gasteiger partial charge in [0.1, 0.15) is 0 Å². The van der Waals surface area contributed by atoms with Gasteiger partial charge in [0.2, 0.25) is 5.91 Å². The van der Waals surface area contributed by atoms with E-state index in [2.05, 4.69) is 5.32 Å². The second-order valence-electron chi connectivity index (χ2n) is 4.02. The van der Waals surface area contributed by atoms with Crippen LogP contribution in [0.3, 0.4) is 0 Å². The first-order chi connectivity index (χ1) is 7.58. The number of anilines is 1. The van der Waals surface area contributed by atoms with E-state index in [0.717, 1.165) is 17.8 Å². The van der Waals surface area contributed by atoms with Crippen LogP contribution in [0.5, 0.6) is 0 Å². The van der Waals surface area contributed by atoms with Crippen LogP contribution in [0, 0.1) is 6.92 Å². The van der Waals surface area contributed by atoms with E-state index in [-0.39, 0.29) is 5.91 Å². The number of rotatable bonds is 4. The maximum Gasteiger partial charge on any atom is 0.248 e. The summed E-state index contributed by atoms with van der Waals surface area (Å²) in [5.41, 5.74) is 1.97. The number of nitrogens with zero attached hydrogens (tertiary/aromatic N) is 1. The lowest BCUT2D eigenvalue weighted by atomic mass is 10.2. The maximum absolute atomic E-state index is 11.5. The van der Waals surface area contributed by atoms with Crippen LogP contribution in [0.1, 0.15) is 5.56 Å². The summed E-state index contributed by atoms with van der Waals surface area (Å²) in [7, 11) is 3.92. The first-order valence-corrected chi connectivity index (χ1v) is 5.27. The van der Waals surface area contributed by atoms with Crippen LogP contribution >= 0.6 is 0 Å². The average molecular weight is 218 g/mol. The molecule has 0 radical (unpaired) electrons. The maximum atomic E-state index is 11.5. The minimum atomic E-state index is -0.0903. The Labute approximate surface area is 96.8 Å². The number of amides is 1. The molecule has 1 N–H and O–H groups in total. The molecule has 1 aromatic carbocycles. The van der Waals surface area contributed by atoms with Crippen LogP contribution in [-0.4, -0.2) is 31.4 Å². The van der Waals surface area contributed by atoms with Crippen LogP contribution in [-0.2, 0) is 4.79 Å². The van der Waals surface area contributed by atoms with Crippen molar-refractivity contribution in [2.45, 2.75) is 6.92 Å². The Kier molecular flexibility index (Phi) is 4.73. The molecule has 86 valence electrons. The number of carbonyl (C=O) groups excluding carboxylic acids is 1. The van der Waals surface area contributed by atoms with Crippen LogP contribution < -0.4 is 5.32 Å². The average Bonchev–Trinajstić information content (AvgIpc) is 2.16. The molecule has 0 fully saturated rings. The predicted octanol–water partition coefficient (Wildman–Crippen LogP) is 2.05.